The van der Waals surface area contributed by atoms with Crippen LogP contribution in [0.4, 0.5) is 10.1 Å². The van der Waals surface area contributed by atoms with E-state index in [1.165, 1.54) is 23.9 Å². The van der Waals surface area contributed by atoms with Gasteiger partial charge in [0, 0.05) is 18.3 Å². The average Bonchev–Trinajstić information content (AvgIpc) is 2.54. The number of nitrogens with zero attached hydrogens (tertiary/aromatic N) is 3. The Hall–Kier alpha value is -2.74. The predicted molar refractivity (Wildman–Crippen MR) is 96.7 cm³/mol. The molecule has 1 amide bonds. The summed E-state index contributed by atoms with van der Waals surface area (Å²) < 4.78 is 12.9. The van der Waals surface area contributed by atoms with Crippen molar-refractivity contribution in [3.63, 3.8) is 0 Å². The van der Waals surface area contributed by atoms with E-state index in [1.807, 2.05) is 6.92 Å². The highest BCUT2D eigenvalue weighted by atomic mass is 32.2. The van der Waals surface area contributed by atoms with Gasteiger partial charge in [-0.05, 0) is 36.1 Å². The number of hydrogen-bond acceptors (Lipinski definition) is 6. The van der Waals surface area contributed by atoms with Gasteiger partial charge in [0.25, 0.3) is 5.91 Å². The van der Waals surface area contributed by atoms with Crippen molar-refractivity contribution in [3.05, 3.63) is 65.3 Å². The number of rotatable bonds is 3. The minimum atomic E-state index is -0.638. The summed E-state index contributed by atoms with van der Waals surface area (Å²) in [5.41, 5.74) is 6.55. The molecule has 0 spiro atoms. The normalized spacial score (nSPS) is 20.1. The van der Waals surface area contributed by atoms with Crippen LogP contribution in [0.1, 0.15) is 29.5 Å². The molecule has 1 aliphatic heterocycles. The molecule has 0 radical (unpaired) electrons. The van der Waals surface area contributed by atoms with E-state index in [0.717, 1.165) is 11.1 Å². The molecule has 0 saturated carbocycles. The Labute approximate surface area is 148 Å². The zero-order valence-electron chi connectivity index (χ0n) is 13.5. The molecule has 0 aromatic carbocycles. The van der Waals surface area contributed by atoms with Gasteiger partial charge in [-0.25, -0.2) is 14.4 Å². The lowest BCUT2D eigenvalue weighted by atomic mass is 9.93. The Balaban J connectivity index is 1.84. The van der Waals surface area contributed by atoms with Gasteiger partial charge in [0.05, 0.1) is 11.9 Å². The van der Waals surface area contributed by atoms with Crippen molar-refractivity contribution in [2.75, 3.05) is 5.32 Å². The van der Waals surface area contributed by atoms with Crippen LogP contribution in [0.15, 0.2) is 53.1 Å². The third-order valence-electron chi connectivity index (χ3n) is 3.68. The lowest BCUT2D eigenvalue weighted by molar-refractivity contribution is 0.102. The summed E-state index contributed by atoms with van der Waals surface area (Å²) >= 11 is 1.35. The Kier molecular flexibility index (Phi) is 4.54. The molecule has 1 atom stereocenters. The fraction of sp³-hybridized carbons (Fsp3) is 0.176. The number of amides is 1. The molecular weight excluding hydrogens is 341 g/mol. The molecule has 0 unspecified atom stereocenters. The van der Waals surface area contributed by atoms with Gasteiger partial charge in [-0.1, -0.05) is 18.3 Å². The molecule has 6 nitrogen and oxygen atoms in total. The van der Waals surface area contributed by atoms with Gasteiger partial charge in [0.2, 0.25) is 0 Å². The third-order valence-corrected chi connectivity index (χ3v) is 4.41. The number of hydrogen-bond donors (Lipinski definition) is 2. The van der Waals surface area contributed by atoms with Crippen LogP contribution < -0.4 is 11.1 Å². The summed E-state index contributed by atoms with van der Waals surface area (Å²) in [6.45, 7) is 5.89. The highest BCUT2D eigenvalue weighted by molar-refractivity contribution is 8.17. The van der Waals surface area contributed by atoms with Crippen LogP contribution in [0.3, 0.4) is 0 Å². The zero-order valence-corrected chi connectivity index (χ0v) is 14.3. The number of pyridine rings is 2. The summed E-state index contributed by atoms with van der Waals surface area (Å²) in [7, 11) is 0. The summed E-state index contributed by atoms with van der Waals surface area (Å²) in [5, 5.41) is 3.16. The molecule has 128 valence electrons. The monoisotopic (exact) mass is 357 g/mol. The van der Waals surface area contributed by atoms with Crippen LogP contribution in [0.2, 0.25) is 0 Å². The second-order valence-corrected chi connectivity index (χ2v) is 6.99. The molecule has 0 fully saturated rings. The van der Waals surface area contributed by atoms with Gasteiger partial charge in [0.1, 0.15) is 17.1 Å². The molecular formula is C17H16FN5OS. The number of aliphatic imine (C=N–C) groups is 1. The number of halogens is 1. The fourth-order valence-corrected chi connectivity index (χ4v) is 3.43. The summed E-state index contributed by atoms with van der Waals surface area (Å²) in [4.78, 5) is 25.7. The average molecular weight is 357 g/mol. The molecule has 3 rings (SSSR count). The van der Waals surface area contributed by atoms with Gasteiger partial charge in [0.15, 0.2) is 5.17 Å². The van der Waals surface area contributed by atoms with Crippen molar-refractivity contribution in [1.29, 1.82) is 0 Å². The summed E-state index contributed by atoms with van der Waals surface area (Å²) in [6, 6.07) is 5.90. The molecule has 0 aliphatic carbocycles. The number of nitrogens with two attached hydrogens (primary N) is 1. The molecule has 25 heavy (non-hydrogen) atoms. The number of carbonyl (C=O) groups is 1. The van der Waals surface area contributed by atoms with Crippen LogP contribution >= 0.6 is 11.8 Å². The van der Waals surface area contributed by atoms with Crippen molar-refractivity contribution in [3.8, 4) is 0 Å². The maximum atomic E-state index is 12.9. The Bertz CT molecular complexity index is 868. The standard InChI is InChI=1S/C17H16FN5OS/c1-10-8-17(2,23-16(19)25-10)14-7-12(5-6-20-14)22-15(24)13-4-3-11(18)9-21-13/h3-7,9H,1,8H2,2H3,(H2,19,23)(H,20,22,24)/t17-/m0/s1. The van der Waals surface area contributed by atoms with E-state index in [9.17, 15) is 9.18 Å². The highest BCUT2D eigenvalue weighted by Gasteiger charge is 2.32. The second kappa shape index (κ2) is 6.64. The minimum absolute atomic E-state index is 0.121. The first-order valence-electron chi connectivity index (χ1n) is 7.46. The quantitative estimate of drug-likeness (QED) is 0.881. The van der Waals surface area contributed by atoms with Crippen LogP contribution in [0, 0.1) is 5.82 Å². The number of aromatic nitrogens is 2. The van der Waals surface area contributed by atoms with Crippen LogP contribution in [0.25, 0.3) is 0 Å². The molecule has 0 saturated heterocycles. The number of amidine groups is 1. The summed E-state index contributed by atoms with van der Waals surface area (Å²) in [5.74, 6) is -0.935. The van der Waals surface area contributed by atoms with Gasteiger partial charge in [-0.3, -0.25) is 9.78 Å². The number of thioether (sulfide) groups is 1. The van der Waals surface area contributed by atoms with Gasteiger partial charge in [-0.2, -0.15) is 0 Å². The number of carbonyl (C=O) groups excluding carboxylic acids is 1. The number of anilines is 1. The summed E-state index contributed by atoms with van der Waals surface area (Å²) in [6.07, 6.45) is 3.18. The predicted octanol–water partition coefficient (Wildman–Crippen LogP) is 3.05. The maximum absolute atomic E-state index is 12.9. The van der Waals surface area contributed by atoms with E-state index < -0.39 is 17.3 Å². The molecule has 3 heterocycles. The molecule has 3 N–H and O–H groups in total. The second-order valence-electron chi connectivity index (χ2n) is 5.79. The minimum Gasteiger partial charge on any atom is -0.378 e. The molecule has 0 bridgehead atoms. The molecule has 1 aliphatic rings. The largest absolute Gasteiger partial charge is 0.378 e. The first-order chi connectivity index (χ1) is 11.9. The van der Waals surface area contributed by atoms with E-state index in [0.29, 0.717) is 23.0 Å². The first-order valence-corrected chi connectivity index (χ1v) is 8.28. The topological polar surface area (TPSA) is 93.3 Å². The number of nitrogens with one attached hydrogen (secondary N) is 1. The smallest absolute Gasteiger partial charge is 0.274 e. The van der Waals surface area contributed by atoms with Gasteiger partial charge in [-0.15, -0.1) is 0 Å². The lowest BCUT2D eigenvalue weighted by Gasteiger charge is -2.30. The van der Waals surface area contributed by atoms with E-state index >= 15 is 0 Å². The van der Waals surface area contributed by atoms with Crippen molar-refractivity contribution >= 4 is 28.5 Å². The van der Waals surface area contributed by atoms with E-state index in [1.54, 1.807) is 18.3 Å². The van der Waals surface area contributed by atoms with E-state index in [2.05, 4.69) is 26.9 Å². The van der Waals surface area contributed by atoms with Crippen molar-refractivity contribution < 1.29 is 9.18 Å². The Morgan fingerprint density at radius 2 is 2.20 bits per heavy atom. The van der Waals surface area contributed by atoms with Crippen molar-refractivity contribution in [2.45, 2.75) is 18.9 Å². The van der Waals surface area contributed by atoms with Crippen LogP contribution in [0.5, 0.6) is 0 Å². The van der Waals surface area contributed by atoms with E-state index in [4.69, 9.17) is 5.73 Å². The molecule has 2 aromatic heterocycles. The Morgan fingerprint density at radius 3 is 2.88 bits per heavy atom. The fourth-order valence-electron chi connectivity index (χ4n) is 2.53. The van der Waals surface area contributed by atoms with Gasteiger partial charge >= 0.3 is 0 Å². The molecule has 8 heteroatoms. The van der Waals surface area contributed by atoms with Crippen LogP contribution in [-0.4, -0.2) is 21.0 Å². The molecule has 2 aromatic rings. The van der Waals surface area contributed by atoms with Gasteiger partial charge < -0.3 is 11.1 Å². The lowest BCUT2D eigenvalue weighted by Crippen LogP contribution is -2.28. The highest BCUT2D eigenvalue weighted by Crippen LogP contribution is 2.39. The first kappa shape index (κ1) is 17.1. The zero-order chi connectivity index (χ0) is 18.0. The third kappa shape index (κ3) is 3.85. The Morgan fingerprint density at radius 1 is 1.40 bits per heavy atom. The van der Waals surface area contributed by atoms with Crippen molar-refractivity contribution in [2.24, 2.45) is 10.7 Å². The SMILES string of the molecule is C=C1C[C@@](C)(c2cc(NC(=O)c3ccc(F)cn3)ccn2)N=C(N)S1. The van der Waals surface area contributed by atoms with Crippen molar-refractivity contribution in [1.82, 2.24) is 9.97 Å². The maximum Gasteiger partial charge on any atom is 0.274 e. The van der Waals surface area contributed by atoms with E-state index in [-0.39, 0.29) is 5.69 Å². The van der Waals surface area contributed by atoms with Crippen LogP contribution in [-0.2, 0) is 5.54 Å².